The summed E-state index contributed by atoms with van der Waals surface area (Å²) in [6.07, 6.45) is 13.5. The van der Waals surface area contributed by atoms with E-state index >= 15 is 0 Å². The molecule has 5 heterocycles. The first-order valence-corrected chi connectivity index (χ1v) is 28.8. The van der Waals surface area contributed by atoms with Crippen LogP contribution in [0.3, 0.4) is 0 Å². The molecule has 0 atom stereocenters. The second-order valence-electron chi connectivity index (χ2n) is 19.8. The second kappa shape index (κ2) is 32.2. The smallest absolute Gasteiger partial charge is 0.344 e. The van der Waals surface area contributed by atoms with Gasteiger partial charge in [-0.05, 0) is 169 Å². The summed E-state index contributed by atoms with van der Waals surface area (Å²) in [7, 11) is 0. The van der Waals surface area contributed by atoms with Crippen molar-refractivity contribution in [1.82, 2.24) is 19.9 Å². The molecular weight excluding hydrogens is 1130 g/mol. The van der Waals surface area contributed by atoms with Crippen LogP contribution in [-0.4, -0.2) is 96.7 Å². The quantitative estimate of drug-likeness (QED) is 0.0510. The van der Waals surface area contributed by atoms with Crippen LogP contribution in [0.2, 0.25) is 0 Å². The lowest BCUT2D eigenvalue weighted by atomic mass is 9.98. The highest BCUT2D eigenvalue weighted by Gasteiger charge is 2.24. The fourth-order valence-electron chi connectivity index (χ4n) is 9.88. The zero-order chi connectivity index (χ0) is 61.5. The number of esters is 4. The van der Waals surface area contributed by atoms with E-state index in [0.29, 0.717) is 67.5 Å². The number of rotatable bonds is 20. The van der Waals surface area contributed by atoms with Gasteiger partial charge in [-0.15, -0.1) is 0 Å². The Hall–Kier alpha value is -9.60. The van der Waals surface area contributed by atoms with E-state index in [1.165, 1.54) is 0 Å². The van der Waals surface area contributed by atoms with Crippen molar-refractivity contribution in [3.05, 3.63) is 191 Å². The van der Waals surface area contributed by atoms with Gasteiger partial charge in [-0.2, -0.15) is 0 Å². The Labute approximate surface area is 509 Å². The van der Waals surface area contributed by atoms with E-state index in [0.717, 1.165) is 44.5 Å². The molecule has 0 spiro atoms. The zero-order valence-corrected chi connectivity index (χ0v) is 49.5. The molecule has 0 aliphatic carbocycles. The van der Waals surface area contributed by atoms with E-state index < -0.39 is 50.3 Å². The van der Waals surface area contributed by atoms with Crippen molar-refractivity contribution in [1.29, 1.82) is 0 Å². The van der Waals surface area contributed by atoms with Crippen molar-refractivity contribution in [3.8, 4) is 67.5 Å². The molecule has 0 unspecified atom stereocenters. The Balaban J connectivity index is 1.22. The van der Waals surface area contributed by atoms with E-state index in [2.05, 4.69) is 19.9 Å². The van der Waals surface area contributed by atoms with Gasteiger partial charge in [-0.1, -0.05) is 0 Å². The largest absolute Gasteiger partial charge is 0.481 e. The molecule has 0 amide bonds. The Morgan fingerprint density at radius 3 is 0.625 bits per heavy atom. The van der Waals surface area contributed by atoms with Gasteiger partial charge in [0.1, 0.15) is 23.0 Å². The predicted octanol–water partition coefficient (Wildman–Crippen LogP) is 10.9. The van der Waals surface area contributed by atoms with E-state index in [4.69, 9.17) is 56.8 Å². The van der Waals surface area contributed by atoms with Gasteiger partial charge < -0.3 is 56.8 Å². The minimum Gasteiger partial charge on any atom is -0.481 e. The number of carbonyl (C=O) groups excluding carboxylic acids is 4. The number of benzene rings is 4. The van der Waals surface area contributed by atoms with E-state index in [1.807, 2.05) is 97.1 Å². The van der Waals surface area contributed by atoms with Gasteiger partial charge in [0.25, 0.3) is 0 Å². The minimum atomic E-state index is -0.585. The number of ether oxygens (including phenoxy) is 12. The molecular formula is C68H68N4O16. The third-order valence-electron chi connectivity index (χ3n) is 13.6. The summed E-state index contributed by atoms with van der Waals surface area (Å²) < 4.78 is 73.8. The van der Waals surface area contributed by atoms with E-state index in [9.17, 15) is 19.2 Å². The molecule has 88 heavy (non-hydrogen) atoms. The van der Waals surface area contributed by atoms with Crippen molar-refractivity contribution in [2.24, 2.45) is 0 Å². The molecule has 9 rings (SSSR count). The van der Waals surface area contributed by atoms with Crippen molar-refractivity contribution >= 4 is 23.9 Å². The maximum Gasteiger partial charge on any atom is 0.344 e. The predicted molar refractivity (Wildman–Crippen MR) is 321 cm³/mol. The van der Waals surface area contributed by atoms with Crippen molar-refractivity contribution in [2.75, 3.05) is 52.9 Å². The Bertz CT molecular complexity index is 3050. The molecule has 1 aliphatic heterocycles. The van der Waals surface area contributed by atoms with Crippen LogP contribution < -0.4 is 18.9 Å². The fourth-order valence-corrected chi connectivity index (χ4v) is 9.88. The number of pyridine rings is 4. The molecule has 20 nitrogen and oxygen atoms in total. The Morgan fingerprint density at radius 1 is 0.295 bits per heavy atom. The highest BCUT2D eigenvalue weighted by molar-refractivity contribution is 5.75. The fraction of sp³-hybridized carbons (Fsp3) is 0.294. The first-order valence-electron chi connectivity index (χ1n) is 28.8. The maximum atomic E-state index is 13.1. The molecule has 8 aromatic rings. The average molecular weight is 1200 g/mol. The van der Waals surface area contributed by atoms with Crippen LogP contribution in [0.4, 0.5) is 0 Å². The van der Waals surface area contributed by atoms with Gasteiger partial charge in [-0.25, -0.2) is 19.2 Å². The molecule has 456 valence electrons. The highest BCUT2D eigenvalue weighted by Crippen LogP contribution is 2.39. The molecule has 8 bridgehead atoms. The van der Waals surface area contributed by atoms with Crippen LogP contribution in [0.5, 0.6) is 23.0 Å². The first-order chi connectivity index (χ1) is 43.1. The number of aromatic nitrogens is 4. The lowest BCUT2D eigenvalue weighted by molar-refractivity contribution is -0.146. The molecule has 0 saturated carbocycles. The summed E-state index contributed by atoms with van der Waals surface area (Å²) in [5.41, 5.74) is 10.8. The summed E-state index contributed by atoms with van der Waals surface area (Å²) in [5, 5.41) is 0. The Kier molecular flexibility index (Phi) is 23.0. The molecule has 1 aliphatic rings. The number of hydrogen-bond acceptors (Lipinski definition) is 20. The van der Waals surface area contributed by atoms with Gasteiger partial charge in [0.15, 0.2) is 26.4 Å². The van der Waals surface area contributed by atoms with Crippen molar-refractivity contribution < 1.29 is 76.0 Å². The highest BCUT2D eigenvalue weighted by atomic mass is 16.6. The average Bonchev–Trinajstić information content (AvgIpc) is 3.73. The van der Waals surface area contributed by atoms with E-state index in [1.54, 1.807) is 77.3 Å². The summed E-state index contributed by atoms with van der Waals surface area (Å²) in [5.74, 6) is -1.07. The molecule has 0 N–H and O–H groups in total. The second-order valence-corrected chi connectivity index (χ2v) is 19.8. The summed E-state index contributed by atoms with van der Waals surface area (Å²) in [4.78, 5) is 69.4. The first kappa shape index (κ1) is 62.9. The summed E-state index contributed by atoms with van der Waals surface area (Å²) >= 11 is 0. The molecule has 0 saturated heterocycles. The van der Waals surface area contributed by atoms with E-state index in [-0.39, 0.29) is 79.3 Å². The topological polar surface area (TPSA) is 231 Å². The van der Waals surface area contributed by atoms with Gasteiger partial charge in [0.05, 0.1) is 79.3 Å². The van der Waals surface area contributed by atoms with Crippen LogP contribution in [0, 0.1) is 0 Å². The molecule has 4 aromatic carbocycles. The molecule has 4 aromatic heterocycles. The Morgan fingerprint density at radius 2 is 0.466 bits per heavy atom. The van der Waals surface area contributed by atoms with Crippen molar-refractivity contribution in [2.45, 2.75) is 80.6 Å². The minimum absolute atomic E-state index is 0.0688. The maximum absolute atomic E-state index is 13.1. The monoisotopic (exact) mass is 1200 g/mol. The lowest BCUT2D eigenvalue weighted by Crippen LogP contribution is -2.17. The number of hydrogen-bond donors (Lipinski definition) is 0. The normalized spacial score (nSPS) is 12.8. The number of carbonyl (C=O) groups is 4. The molecule has 0 radical (unpaired) electrons. The van der Waals surface area contributed by atoms with Crippen molar-refractivity contribution in [3.63, 3.8) is 0 Å². The summed E-state index contributed by atoms with van der Waals surface area (Å²) in [6.45, 7) is 5.15. The van der Waals surface area contributed by atoms with Crippen LogP contribution >= 0.6 is 0 Å². The van der Waals surface area contributed by atoms with Crippen LogP contribution in [0.1, 0.15) is 72.2 Å². The van der Waals surface area contributed by atoms with Gasteiger partial charge in [-0.3, -0.25) is 19.9 Å². The SMILES string of the molecule is CCOC(=O)COc1c2cc(-c3ccncc3)cc1COCc1cc(-c3ccncc3)cc(c1OCC(=O)OCC)COCc1cc(-c3ccncc3)cc(c1OCC(=O)OCC)COCc1cc(-c3ccncc3)cc(c1OCC(=O)OCC)COC2. The molecule has 20 heteroatoms. The zero-order valence-electron chi connectivity index (χ0n) is 49.5. The third-order valence-corrected chi connectivity index (χ3v) is 13.6. The van der Waals surface area contributed by atoms with Crippen LogP contribution in [0.15, 0.2) is 147 Å². The van der Waals surface area contributed by atoms with Gasteiger partial charge in [0.2, 0.25) is 0 Å². The summed E-state index contributed by atoms with van der Waals surface area (Å²) in [6, 6.07) is 30.3. The third kappa shape index (κ3) is 17.3. The van der Waals surface area contributed by atoms with Crippen LogP contribution in [-0.2, 0) is 110 Å². The molecule has 0 fully saturated rings. The number of nitrogens with zero attached hydrogens (tertiary/aromatic N) is 4. The van der Waals surface area contributed by atoms with Gasteiger partial charge >= 0.3 is 23.9 Å². The van der Waals surface area contributed by atoms with Gasteiger partial charge in [0, 0.05) is 94.1 Å². The lowest BCUT2D eigenvalue weighted by Gasteiger charge is -2.22. The number of fused-ring (bicyclic) bond motifs is 8. The van der Waals surface area contributed by atoms with Crippen LogP contribution in [0.25, 0.3) is 44.5 Å². The standard InChI is InChI=1S/C68H68N4O16/c1-5-81-61(73)41-85-65-53-25-49(45-9-17-69-18-10-45)26-54(65)34-78-36-56-28-51(47-13-21-71-22-14-47)30-58(67(56)87-43-63(75)83-7-3)38-80-40-60-32-52(48-15-23-72-24-16-48)31-59(68(60)88-44-64(76)84-8-4)39-79-37-57-29-50(46-11-19-70-20-12-46)27-55(35-77-33-53)66(57)86-42-62(74)82-6-2/h9-32H,5-8,33-44H2,1-4H3.